The number of para-hydroxylation sites is 1. The van der Waals surface area contributed by atoms with Crippen molar-refractivity contribution >= 4 is 46.2 Å². The van der Waals surface area contributed by atoms with Crippen molar-refractivity contribution in [2.45, 2.75) is 26.9 Å². The second-order valence-electron chi connectivity index (χ2n) is 7.86. The predicted molar refractivity (Wildman–Crippen MR) is 145 cm³/mol. The average molecular weight is 507 g/mol. The van der Waals surface area contributed by atoms with E-state index in [9.17, 15) is 4.79 Å². The standard InChI is InChI=1S/C28H27ClN2O3S/c1-4-21-8-6-7-9-23(21)30-28-31(5-2)27(32)26(35-28)17-20-12-15-24(25(16-20)33-3)34-18-19-10-13-22(29)14-11-19/h6-17H,4-5,18H2,1-3H3/b26-17+,30-28?. The van der Waals surface area contributed by atoms with Gasteiger partial charge in [-0.1, -0.05) is 54.9 Å². The SMILES string of the molecule is CCc1ccccc1N=C1S/C(=C/c2ccc(OCc3ccc(Cl)cc3)c(OC)c2)C(=O)N1CC. The topological polar surface area (TPSA) is 51.1 Å². The molecule has 3 aromatic carbocycles. The van der Waals surface area contributed by atoms with Crippen LogP contribution >= 0.6 is 23.4 Å². The second kappa shape index (κ2) is 11.5. The van der Waals surface area contributed by atoms with E-state index >= 15 is 0 Å². The van der Waals surface area contributed by atoms with Crippen molar-refractivity contribution in [3.8, 4) is 11.5 Å². The van der Waals surface area contributed by atoms with Gasteiger partial charge in [-0.05, 0) is 78.2 Å². The Morgan fingerprint density at radius 3 is 2.51 bits per heavy atom. The van der Waals surface area contributed by atoms with Gasteiger partial charge in [0, 0.05) is 11.6 Å². The number of ether oxygens (including phenoxy) is 2. The van der Waals surface area contributed by atoms with Crippen molar-refractivity contribution in [1.82, 2.24) is 4.90 Å². The van der Waals surface area contributed by atoms with Crippen LogP contribution in [0.15, 0.2) is 76.6 Å². The van der Waals surface area contributed by atoms with Gasteiger partial charge < -0.3 is 9.47 Å². The summed E-state index contributed by atoms with van der Waals surface area (Å²) >= 11 is 7.34. The van der Waals surface area contributed by atoms with Crippen molar-refractivity contribution in [1.29, 1.82) is 0 Å². The number of carbonyl (C=O) groups is 1. The molecule has 0 radical (unpaired) electrons. The van der Waals surface area contributed by atoms with Crippen molar-refractivity contribution in [3.05, 3.63) is 93.3 Å². The molecule has 0 spiro atoms. The molecule has 35 heavy (non-hydrogen) atoms. The van der Waals surface area contributed by atoms with Gasteiger partial charge in [0.1, 0.15) is 6.61 Å². The number of carbonyl (C=O) groups excluding carboxylic acids is 1. The molecule has 4 rings (SSSR count). The van der Waals surface area contributed by atoms with Crippen LogP contribution in [0.2, 0.25) is 5.02 Å². The quantitative estimate of drug-likeness (QED) is 0.305. The number of amides is 1. The molecule has 1 saturated heterocycles. The van der Waals surface area contributed by atoms with Gasteiger partial charge in [-0.2, -0.15) is 0 Å². The zero-order valence-electron chi connectivity index (χ0n) is 20.0. The van der Waals surface area contributed by atoms with E-state index in [0.29, 0.717) is 39.7 Å². The molecule has 1 heterocycles. The van der Waals surface area contributed by atoms with Crippen molar-refractivity contribution in [2.75, 3.05) is 13.7 Å². The summed E-state index contributed by atoms with van der Waals surface area (Å²) in [5, 5.41) is 1.38. The van der Waals surface area contributed by atoms with E-state index < -0.39 is 0 Å². The van der Waals surface area contributed by atoms with Crippen LogP contribution in [-0.4, -0.2) is 29.6 Å². The third-order valence-corrected chi connectivity index (χ3v) is 6.84. The van der Waals surface area contributed by atoms with Gasteiger partial charge in [0.15, 0.2) is 16.7 Å². The van der Waals surface area contributed by atoms with Gasteiger partial charge in [-0.25, -0.2) is 4.99 Å². The Kier molecular flexibility index (Phi) is 8.16. The Labute approximate surface area is 215 Å². The number of hydrogen-bond donors (Lipinski definition) is 0. The summed E-state index contributed by atoms with van der Waals surface area (Å²) < 4.78 is 11.5. The molecule has 7 heteroatoms. The summed E-state index contributed by atoms with van der Waals surface area (Å²) in [7, 11) is 1.60. The number of benzene rings is 3. The fourth-order valence-electron chi connectivity index (χ4n) is 3.68. The Morgan fingerprint density at radius 1 is 1.03 bits per heavy atom. The number of amidine groups is 1. The van der Waals surface area contributed by atoms with E-state index in [1.54, 1.807) is 12.0 Å². The molecule has 0 bridgehead atoms. The first-order chi connectivity index (χ1) is 17.0. The van der Waals surface area contributed by atoms with E-state index in [-0.39, 0.29) is 5.91 Å². The van der Waals surface area contributed by atoms with Gasteiger partial charge in [-0.15, -0.1) is 0 Å². The molecule has 3 aromatic rings. The van der Waals surface area contributed by atoms with Gasteiger partial charge in [0.2, 0.25) is 0 Å². The molecule has 5 nitrogen and oxygen atoms in total. The van der Waals surface area contributed by atoms with Gasteiger partial charge >= 0.3 is 0 Å². The van der Waals surface area contributed by atoms with Gasteiger partial charge in [0.05, 0.1) is 17.7 Å². The first kappa shape index (κ1) is 24.9. The Balaban J connectivity index is 1.55. The molecule has 0 unspecified atom stereocenters. The second-order valence-corrected chi connectivity index (χ2v) is 9.31. The lowest BCUT2D eigenvalue weighted by atomic mass is 10.1. The molecule has 0 saturated carbocycles. The molecule has 0 aliphatic carbocycles. The average Bonchev–Trinajstić information content (AvgIpc) is 3.17. The van der Waals surface area contributed by atoms with Crippen LogP contribution in [0.4, 0.5) is 5.69 Å². The fraction of sp³-hybridized carbons (Fsp3) is 0.214. The molecule has 1 fully saturated rings. The number of halogens is 1. The highest BCUT2D eigenvalue weighted by Crippen LogP contribution is 2.36. The molecule has 180 valence electrons. The van der Waals surface area contributed by atoms with E-state index in [1.807, 2.05) is 73.7 Å². The minimum absolute atomic E-state index is 0.0488. The van der Waals surface area contributed by atoms with Crippen LogP contribution in [0, 0.1) is 0 Å². The van der Waals surface area contributed by atoms with E-state index in [2.05, 4.69) is 13.0 Å². The number of thioether (sulfide) groups is 1. The van der Waals surface area contributed by atoms with Crippen molar-refractivity contribution < 1.29 is 14.3 Å². The number of rotatable bonds is 8. The van der Waals surface area contributed by atoms with Crippen molar-refractivity contribution in [3.63, 3.8) is 0 Å². The highest BCUT2D eigenvalue weighted by Gasteiger charge is 2.32. The van der Waals surface area contributed by atoms with Crippen LogP contribution in [0.5, 0.6) is 11.5 Å². The van der Waals surface area contributed by atoms with E-state index in [1.165, 1.54) is 11.8 Å². The monoisotopic (exact) mass is 506 g/mol. The van der Waals surface area contributed by atoms with Crippen LogP contribution in [-0.2, 0) is 17.8 Å². The number of nitrogens with zero attached hydrogens (tertiary/aromatic N) is 2. The van der Waals surface area contributed by atoms with Crippen LogP contribution in [0.1, 0.15) is 30.5 Å². The Hall–Kier alpha value is -3.22. The smallest absolute Gasteiger partial charge is 0.266 e. The molecular weight excluding hydrogens is 480 g/mol. The molecule has 0 atom stereocenters. The van der Waals surface area contributed by atoms with Gasteiger partial charge in [-0.3, -0.25) is 9.69 Å². The number of hydrogen-bond acceptors (Lipinski definition) is 5. The maximum Gasteiger partial charge on any atom is 0.266 e. The lowest BCUT2D eigenvalue weighted by Crippen LogP contribution is -2.28. The summed E-state index contributed by atoms with van der Waals surface area (Å²) in [6.07, 6.45) is 2.75. The Morgan fingerprint density at radius 2 is 1.80 bits per heavy atom. The molecule has 0 aromatic heterocycles. The summed E-state index contributed by atoms with van der Waals surface area (Å²) in [4.78, 5) is 20.2. The summed E-state index contributed by atoms with van der Waals surface area (Å²) in [6.45, 7) is 5.01. The highest BCUT2D eigenvalue weighted by atomic mass is 35.5. The molecular formula is C28H27ClN2O3S. The first-order valence-corrected chi connectivity index (χ1v) is 12.6. The third-order valence-electron chi connectivity index (χ3n) is 5.59. The fourth-order valence-corrected chi connectivity index (χ4v) is 4.86. The summed E-state index contributed by atoms with van der Waals surface area (Å²) in [5.41, 5.74) is 3.91. The minimum Gasteiger partial charge on any atom is -0.493 e. The van der Waals surface area contributed by atoms with Crippen LogP contribution in [0.25, 0.3) is 6.08 Å². The number of aliphatic imine (C=N–C) groups is 1. The van der Waals surface area contributed by atoms with Crippen LogP contribution in [0.3, 0.4) is 0 Å². The zero-order valence-corrected chi connectivity index (χ0v) is 21.5. The maximum atomic E-state index is 13.1. The summed E-state index contributed by atoms with van der Waals surface area (Å²) in [5.74, 6) is 1.18. The molecule has 0 N–H and O–H groups in total. The highest BCUT2D eigenvalue weighted by molar-refractivity contribution is 8.18. The zero-order chi connectivity index (χ0) is 24.8. The Bertz CT molecular complexity index is 1270. The van der Waals surface area contributed by atoms with Crippen molar-refractivity contribution in [2.24, 2.45) is 4.99 Å². The van der Waals surface area contributed by atoms with Gasteiger partial charge in [0.25, 0.3) is 5.91 Å². The number of likely N-dealkylation sites (N-methyl/N-ethyl adjacent to an activating group) is 1. The minimum atomic E-state index is -0.0488. The number of methoxy groups -OCH3 is 1. The maximum absolute atomic E-state index is 13.1. The lowest BCUT2D eigenvalue weighted by Gasteiger charge is -2.13. The largest absolute Gasteiger partial charge is 0.493 e. The molecule has 1 amide bonds. The van der Waals surface area contributed by atoms with E-state index in [0.717, 1.165) is 28.8 Å². The summed E-state index contributed by atoms with van der Waals surface area (Å²) in [6, 6.07) is 21.2. The van der Waals surface area contributed by atoms with Crippen LogP contribution < -0.4 is 9.47 Å². The normalized spacial score (nSPS) is 15.8. The number of aryl methyl sites for hydroxylation is 1. The lowest BCUT2D eigenvalue weighted by molar-refractivity contribution is -0.122. The molecule has 1 aliphatic rings. The predicted octanol–water partition coefficient (Wildman–Crippen LogP) is 7.11. The third kappa shape index (κ3) is 5.89. The molecule has 1 aliphatic heterocycles. The first-order valence-electron chi connectivity index (χ1n) is 11.5. The van der Waals surface area contributed by atoms with E-state index in [4.69, 9.17) is 26.1 Å².